The van der Waals surface area contributed by atoms with E-state index in [1.165, 1.54) is 0 Å². The van der Waals surface area contributed by atoms with E-state index in [0.29, 0.717) is 6.42 Å². The van der Waals surface area contributed by atoms with Crippen LogP contribution in [0.25, 0.3) is 0 Å². The van der Waals surface area contributed by atoms with Gasteiger partial charge in [-0.3, -0.25) is 4.79 Å². The number of likely N-dealkylation sites (tertiary alicyclic amines) is 1. The molecule has 1 fully saturated rings. The maximum absolute atomic E-state index is 13.0. The van der Waals surface area contributed by atoms with Crippen LogP contribution in [0.3, 0.4) is 0 Å². The normalized spacial score (nSPS) is 16.4. The van der Waals surface area contributed by atoms with Gasteiger partial charge in [0.25, 0.3) is 0 Å². The molecule has 1 unspecified atom stereocenters. The number of amides is 1. The first-order chi connectivity index (χ1) is 14.2. The Kier molecular flexibility index (Phi) is 5.84. The highest BCUT2D eigenvalue weighted by molar-refractivity contribution is 5.79. The molecule has 1 saturated heterocycles. The number of benzene rings is 1. The van der Waals surface area contributed by atoms with Crippen LogP contribution in [0.1, 0.15) is 42.0 Å². The number of rotatable bonds is 5. The third-order valence-electron chi connectivity index (χ3n) is 5.45. The summed E-state index contributed by atoms with van der Waals surface area (Å²) in [5, 5.41) is 3.27. The summed E-state index contributed by atoms with van der Waals surface area (Å²) in [6.07, 6.45) is 7.27. The fourth-order valence-corrected chi connectivity index (χ4v) is 3.86. The first kappa shape index (κ1) is 19.1. The van der Waals surface area contributed by atoms with Crippen LogP contribution < -0.4 is 5.32 Å². The largest absolute Gasteiger partial charge is 0.335 e. The van der Waals surface area contributed by atoms with Crippen molar-refractivity contribution in [2.75, 3.05) is 11.9 Å². The number of aryl methyl sites for hydroxylation is 1. The number of carbonyl (C=O) groups excluding carboxylic acids is 1. The van der Waals surface area contributed by atoms with E-state index in [2.05, 4.69) is 21.4 Å². The van der Waals surface area contributed by atoms with Gasteiger partial charge < -0.3 is 10.2 Å². The molecule has 0 spiro atoms. The Labute approximate surface area is 171 Å². The molecule has 0 saturated carbocycles. The van der Waals surface area contributed by atoms with E-state index in [9.17, 15) is 4.79 Å². The van der Waals surface area contributed by atoms with Crippen LogP contribution in [0.5, 0.6) is 0 Å². The number of piperidine rings is 1. The zero-order valence-electron chi connectivity index (χ0n) is 16.7. The molecule has 1 aliphatic heterocycles. The van der Waals surface area contributed by atoms with Gasteiger partial charge in [-0.15, -0.1) is 0 Å². The van der Waals surface area contributed by atoms with E-state index in [4.69, 9.17) is 0 Å². The topological polar surface area (TPSA) is 58.1 Å². The maximum Gasteiger partial charge on any atom is 0.227 e. The minimum atomic E-state index is 0.0955. The molecule has 1 aliphatic rings. The summed E-state index contributed by atoms with van der Waals surface area (Å²) in [7, 11) is 0. The van der Waals surface area contributed by atoms with E-state index in [0.717, 1.165) is 54.1 Å². The minimum absolute atomic E-state index is 0.0955. The monoisotopic (exact) mass is 386 g/mol. The van der Waals surface area contributed by atoms with Crippen molar-refractivity contribution in [2.45, 2.75) is 38.6 Å². The van der Waals surface area contributed by atoms with Gasteiger partial charge in [-0.25, -0.2) is 9.97 Å². The Balaban J connectivity index is 1.48. The third kappa shape index (κ3) is 4.62. The second kappa shape index (κ2) is 8.86. The molecule has 1 N–H and O–H groups in total. The molecule has 1 amide bonds. The van der Waals surface area contributed by atoms with Crippen molar-refractivity contribution < 1.29 is 4.79 Å². The van der Waals surface area contributed by atoms with E-state index >= 15 is 0 Å². The van der Waals surface area contributed by atoms with Gasteiger partial charge in [0.2, 0.25) is 5.91 Å². The lowest BCUT2D eigenvalue weighted by atomic mass is 9.95. The summed E-state index contributed by atoms with van der Waals surface area (Å²) in [5.41, 5.74) is 3.22. The third-order valence-corrected chi connectivity index (χ3v) is 5.45. The molecule has 148 valence electrons. The highest BCUT2D eigenvalue weighted by Gasteiger charge is 2.28. The highest BCUT2D eigenvalue weighted by Crippen LogP contribution is 2.31. The fraction of sp³-hybridized carbons (Fsp3) is 0.292. The Morgan fingerprint density at radius 3 is 2.69 bits per heavy atom. The Morgan fingerprint density at radius 1 is 1.07 bits per heavy atom. The van der Waals surface area contributed by atoms with Crippen LogP contribution in [-0.4, -0.2) is 27.3 Å². The van der Waals surface area contributed by atoms with E-state index in [1.54, 1.807) is 6.20 Å². The molecule has 3 heterocycles. The van der Waals surface area contributed by atoms with Crippen molar-refractivity contribution in [3.8, 4) is 0 Å². The zero-order valence-corrected chi connectivity index (χ0v) is 16.7. The number of hydrogen-bond acceptors (Lipinski definition) is 4. The van der Waals surface area contributed by atoms with Crippen molar-refractivity contribution in [3.05, 3.63) is 83.7 Å². The lowest BCUT2D eigenvalue weighted by molar-refractivity contribution is -0.134. The number of nitrogens with zero attached hydrogens (tertiary/aromatic N) is 3. The Hall–Kier alpha value is -3.21. The van der Waals surface area contributed by atoms with Gasteiger partial charge in [-0.05, 0) is 55.0 Å². The molecule has 0 radical (unpaired) electrons. The summed E-state index contributed by atoms with van der Waals surface area (Å²) in [6.45, 7) is 2.82. The van der Waals surface area contributed by atoms with Gasteiger partial charge in [0.05, 0.1) is 12.5 Å². The number of nitrogens with one attached hydrogen (secondary N) is 1. The van der Waals surface area contributed by atoms with Crippen LogP contribution in [0.15, 0.2) is 67.0 Å². The molecule has 3 aromatic rings. The van der Waals surface area contributed by atoms with Gasteiger partial charge in [-0.1, -0.05) is 42.5 Å². The summed E-state index contributed by atoms with van der Waals surface area (Å²) < 4.78 is 0. The average molecular weight is 386 g/mol. The number of aromatic nitrogens is 2. The standard InChI is InChI=1S/C24H26N4O/c1-18-8-7-14-25-24(18)27-22-13-12-20(17-26-22)21-11-5-6-15-28(21)23(29)16-19-9-3-2-4-10-19/h2-4,7-10,12-14,17,21H,5-6,11,15-16H2,1H3,(H,25,26,27). The maximum atomic E-state index is 13.0. The fourth-order valence-electron chi connectivity index (χ4n) is 3.86. The molecular formula is C24H26N4O. The molecule has 1 atom stereocenters. The molecule has 1 aromatic carbocycles. The average Bonchev–Trinajstić information content (AvgIpc) is 2.77. The lowest BCUT2D eigenvalue weighted by Crippen LogP contribution is -2.39. The number of pyridine rings is 2. The van der Waals surface area contributed by atoms with Crippen LogP contribution in [-0.2, 0) is 11.2 Å². The van der Waals surface area contributed by atoms with Crippen LogP contribution in [0.4, 0.5) is 11.6 Å². The number of anilines is 2. The summed E-state index contributed by atoms with van der Waals surface area (Å²) in [6, 6.07) is 18.0. The minimum Gasteiger partial charge on any atom is -0.335 e. The number of carbonyl (C=O) groups is 1. The second-order valence-corrected chi connectivity index (χ2v) is 7.53. The van der Waals surface area contributed by atoms with Gasteiger partial charge in [-0.2, -0.15) is 0 Å². The van der Waals surface area contributed by atoms with Crippen molar-refractivity contribution in [1.29, 1.82) is 0 Å². The molecule has 2 aromatic heterocycles. The molecule has 0 bridgehead atoms. The summed E-state index contributed by atoms with van der Waals surface area (Å²) >= 11 is 0. The number of hydrogen-bond donors (Lipinski definition) is 1. The molecule has 0 aliphatic carbocycles. The Bertz CT molecular complexity index is 956. The van der Waals surface area contributed by atoms with Gasteiger partial charge >= 0.3 is 0 Å². The van der Waals surface area contributed by atoms with Crippen LogP contribution in [0.2, 0.25) is 0 Å². The SMILES string of the molecule is Cc1cccnc1Nc1ccc(C2CCCCN2C(=O)Cc2ccccc2)cn1. The zero-order chi connectivity index (χ0) is 20.1. The summed E-state index contributed by atoms with van der Waals surface area (Å²) in [5.74, 6) is 1.76. The predicted octanol–water partition coefficient (Wildman–Crippen LogP) is 4.82. The van der Waals surface area contributed by atoms with Crippen LogP contribution in [0, 0.1) is 6.92 Å². The van der Waals surface area contributed by atoms with Crippen molar-refractivity contribution >= 4 is 17.5 Å². The second-order valence-electron chi connectivity index (χ2n) is 7.53. The van der Waals surface area contributed by atoms with Crippen molar-refractivity contribution in [1.82, 2.24) is 14.9 Å². The molecule has 5 heteroatoms. The first-order valence-electron chi connectivity index (χ1n) is 10.2. The molecule has 5 nitrogen and oxygen atoms in total. The van der Waals surface area contributed by atoms with Crippen LogP contribution >= 0.6 is 0 Å². The lowest BCUT2D eigenvalue weighted by Gasteiger charge is -2.36. The molecule has 29 heavy (non-hydrogen) atoms. The van der Waals surface area contributed by atoms with Gasteiger partial charge in [0, 0.05) is 18.9 Å². The summed E-state index contributed by atoms with van der Waals surface area (Å²) in [4.78, 5) is 23.9. The van der Waals surface area contributed by atoms with E-state index < -0.39 is 0 Å². The van der Waals surface area contributed by atoms with E-state index in [1.807, 2.05) is 66.6 Å². The van der Waals surface area contributed by atoms with Crippen molar-refractivity contribution in [3.63, 3.8) is 0 Å². The quantitative estimate of drug-likeness (QED) is 0.683. The van der Waals surface area contributed by atoms with Gasteiger partial charge in [0.1, 0.15) is 11.6 Å². The van der Waals surface area contributed by atoms with E-state index in [-0.39, 0.29) is 11.9 Å². The predicted molar refractivity (Wildman–Crippen MR) is 115 cm³/mol. The Morgan fingerprint density at radius 2 is 1.93 bits per heavy atom. The smallest absolute Gasteiger partial charge is 0.227 e. The first-order valence-corrected chi connectivity index (χ1v) is 10.2. The molecule has 4 rings (SSSR count). The highest BCUT2D eigenvalue weighted by atomic mass is 16.2. The van der Waals surface area contributed by atoms with Gasteiger partial charge in [0.15, 0.2) is 0 Å². The van der Waals surface area contributed by atoms with Crippen molar-refractivity contribution in [2.24, 2.45) is 0 Å². The molecular weight excluding hydrogens is 360 g/mol.